The van der Waals surface area contributed by atoms with Gasteiger partial charge in [0, 0.05) is 18.9 Å². The minimum atomic E-state index is -0.532. The minimum Gasteiger partial charge on any atom is -0.494 e. The van der Waals surface area contributed by atoms with E-state index in [1.165, 1.54) is 0 Å². The summed E-state index contributed by atoms with van der Waals surface area (Å²) in [6.45, 7) is 4.07. The van der Waals surface area contributed by atoms with Gasteiger partial charge in [-0.1, -0.05) is 43.7 Å². The fourth-order valence-electron chi connectivity index (χ4n) is 3.34. The van der Waals surface area contributed by atoms with Gasteiger partial charge in [0.25, 0.3) is 0 Å². The Morgan fingerprint density at radius 1 is 1.08 bits per heavy atom. The predicted molar refractivity (Wildman–Crippen MR) is 104 cm³/mol. The first-order chi connectivity index (χ1) is 12.7. The maximum atomic E-state index is 13.2. The van der Waals surface area contributed by atoms with Gasteiger partial charge in [0.05, 0.1) is 12.0 Å². The molecule has 1 heterocycles. The zero-order valence-electron chi connectivity index (χ0n) is 15.4. The summed E-state index contributed by atoms with van der Waals surface area (Å²) in [7, 11) is 0. The molecule has 0 aliphatic carbocycles. The Labute approximate surface area is 155 Å². The van der Waals surface area contributed by atoms with E-state index in [-0.39, 0.29) is 5.91 Å². The first-order valence-electron chi connectivity index (χ1n) is 9.42. The lowest BCUT2D eigenvalue weighted by molar-refractivity contribution is -0.125. The van der Waals surface area contributed by atoms with E-state index in [2.05, 4.69) is 12.2 Å². The average molecular weight is 353 g/mol. The summed E-state index contributed by atoms with van der Waals surface area (Å²) in [5.74, 6) is 0.868. The van der Waals surface area contributed by atoms with Crippen LogP contribution in [0.4, 0.5) is 5.69 Å². The van der Waals surface area contributed by atoms with Gasteiger partial charge in [0.1, 0.15) is 5.75 Å². The zero-order chi connectivity index (χ0) is 18.2. The van der Waals surface area contributed by atoms with Crippen LogP contribution in [0.15, 0.2) is 54.6 Å². The molecule has 1 N–H and O–H groups in total. The second-order valence-corrected chi connectivity index (χ2v) is 6.74. The lowest BCUT2D eigenvalue weighted by Crippen LogP contribution is -2.44. The van der Waals surface area contributed by atoms with Gasteiger partial charge in [-0.2, -0.15) is 0 Å². The largest absolute Gasteiger partial charge is 0.494 e. The van der Waals surface area contributed by atoms with Crippen molar-refractivity contribution in [2.75, 3.05) is 25.1 Å². The van der Waals surface area contributed by atoms with Crippen LogP contribution in [-0.4, -0.2) is 25.7 Å². The highest BCUT2D eigenvalue weighted by molar-refractivity contribution is 5.99. The molecule has 2 aromatic rings. The number of hydrogen-bond donors (Lipinski definition) is 1. The van der Waals surface area contributed by atoms with Gasteiger partial charge < -0.3 is 14.8 Å². The van der Waals surface area contributed by atoms with Crippen molar-refractivity contribution in [3.05, 3.63) is 60.2 Å². The van der Waals surface area contributed by atoms with Crippen molar-refractivity contribution in [2.45, 2.75) is 38.0 Å². The predicted octanol–water partition coefficient (Wildman–Crippen LogP) is 4.55. The smallest absolute Gasteiger partial charge is 0.235 e. The van der Waals surface area contributed by atoms with E-state index in [9.17, 15) is 4.79 Å². The number of anilines is 1. The Kier molecular flexibility index (Phi) is 6.29. The van der Waals surface area contributed by atoms with Gasteiger partial charge in [0.2, 0.25) is 5.91 Å². The molecular weight excluding hydrogens is 326 g/mol. The molecule has 1 aliphatic rings. The van der Waals surface area contributed by atoms with E-state index in [1.807, 2.05) is 54.6 Å². The molecule has 0 spiro atoms. The molecule has 3 rings (SSSR count). The third-order valence-electron chi connectivity index (χ3n) is 4.99. The van der Waals surface area contributed by atoms with Crippen LogP contribution in [0, 0.1) is 0 Å². The third-order valence-corrected chi connectivity index (χ3v) is 4.99. The van der Waals surface area contributed by atoms with E-state index < -0.39 is 5.41 Å². The fraction of sp³-hybridized carbons (Fsp3) is 0.409. The summed E-state index contributed by atoms with van der Waals surface area (Å²) in [5.41, 5.74) is 1.32. The highest BCUT2D eigenvalue weighted by Gasteiger charge is 2.41. The van der Waals surface area contributed by atoms with Crippen LogP contribution in [0.3, 0.4) is 0 Å². The molecular formula is C22H27NO3. The normalized spacial score (nSPS) is 16.0. The molecule has 1 fully saturated rings. The van der Waals surface area contributed by atoms with Crippen LogP contribution in [-0.2, 0) is 14.9 Å². The van der Waals surface area contributed by atoms with E-state index in [4.69, 9.17) is 9.47 Å². The summed E-state index contributed by atoms with van der Waals surface area (Å²) in [6, 6.07) is 17.6. The molecule has 26 heavy (non-hydrogen) atoms. The number of hydrogen-bond acceptors (Lipinski definition) is 3. The molecule has 4 nitrogen and oxygen atoms in total. The van der Waals surface area contributed by atoms with Crippen molar-refractivity contribution < 1.29 is 14.3 Å². The minimum absolute atomic E-state index is 0.0339. The third kappa shape index (κ3) is 4.25. The number of amides is 1. The molecule has 0 unspecified atom stereocenters. The average Bonchev–Trinajstić information content (AvgIpc) is 2.70. The van der Waals surface area contributed by atoms with Crippen molar-refractivity contribution in [1.29, 1.82) is 0 Å². The number of carbonyl (C=O) groups excluding carboxylic acids is 1. The van der Waals surface area contributed by atoms with Gasteiger partial charge in [-0.3, -0.25) is 4.79 Å². The number of nitrogens with one attached hydrogen (secondary N) is 1. The quantitative estimate of drug-likeness (QED) is 0.743. The number of benzene rings is 2. The molecule has 1 saturated heterocycles. The first-order valence-corrected chi connectivity index (χ1v) is 9.42. The lowest BCUT2D eigenvalue weighted by atomic mass is 9.73. The van der Waals surface area contributed by atoms with Crippen molar-refractivity contribution in [1.82, 2.24) is 0 Å². The molecule has 0 radical (unpaired) electrons. The molecule has 1 aliphatic heterocycles. The summed E-state index contributed by atoms with van der Waals surface area (Å²) in [5, 5.41) is 3.10. The van der Waals surface area contributed by atoms with Crippen LogP contribution in [0.1, 0.15) is 38.2 Å². The Bertz CT molecular complexity index is 691. The van der Waals surface area contributed by atoms with Gasteiger partial charge in [0.15, 0.2) is 0 Å². The second-order valence-electron chi connectivity index (χ2n) is 6.74. The maximum Gasteiger partial charge on any atom is 0.235 e. The van der Waals surface area contributed by atoms with E-state index >= 15 is 0 Å². The monoisotopic (exact) mass is 353 g/mol. The number of rotatable bonds is 7. The van der Waals surface area contributed by atoms with Crippen LogP contribution in [0.25, 0.3) is 0 Å². The molecule has 0 bridgehead atoms. The van der Waals surface area contributed by atoms with Crippen molar-refractivity contribution in [3.63, 3.8) is 0 Å². The summed E-state index contributed by atoms with van der Waals surface area (Å²) < 4.78 is 11.2. The fourth-order valence-corrected chi connectivity index (χ4v) is 3.34. The van der Waals surface area contributed by atoms with E-state index in [0.29, 0.717) is 26.1 Å². The molecule has 0 atom stereocenters. The Morgan fingerprint density at radius 3 is 2.42 bits per heavy atom. The van der Waals surface area contributed by atoms with Gasteiger partial charge in [-0.15, -0.1) is 0 Å². The van der Waals surface area contributed by atoms with Crippen LogP contribution < -0.4 is 10.1 Å². The maximum absolute atomic E-state index is 13.2. The Balaban J connectivity index is 1.72. The van der Waals surface area contributed by atoms with E-state index in [0.717, 1.165) is 36.4 Å². The molecule has 0 aromatic heterocycles. The highest BCUT2D eigenvalue weighted by atomic mass is 16.5. The number of ether oxygens (including phenoxy) is 2. The molecule has 0 saturated carbocycles. The van der Waals surface area contributed by atoms with Crippen LogP contribution in [0.2, 0.25) is 0 Å². The summed E-state index contributed by atoms with van der Waals surface area (Å²) in [6.07, 6.45) is 3.54. The lowest BCUT2D eigenvalue weighted by Gasteiger charge is -2.36. The van der Waals surface area contributed by atoms with Crippen molar-refractivity contribution >= 4 is 11.6 Å². The Hall–Kier alpha value is -2.33. The number of unbranched alkanes of at least 4 members (excludes halogenated alkanes) is 1. The van der Waals surface area contributed by atoms with Crippen molar-refractivity contribution in [3.8, 4) is 5.75 Å². The Morgan fingerprint density at radius 2 is 1.77 bits per heavy atom. The summed E-state index contributed by atoms with van der Waals surface area (Å²) in [4.78, 5) is 13.2. The first kappa shape index (κ1) is 18.5. The zero-order valence-corrected chi connectivity index (χ0v) is 15.4. The van der Waals surface area contributed by atoms with Gasteiger partial charge >= 0.3 is 0 Å². The number of carbonyl (C=O) groups is 1. The van der Waals surface area contributed by atoms with E-state index in [1.54, 1.807) is 0 Å². The van der Waals surface area contributed by atoms with Crippen molar-refractivity contribution in [2.24, 2.45) is 0 Å². The summed E-state index contributed by atoms with van der Waals surface area (Å²) >= 11 is 0. The molecule has 2 aromatic carbocycles. The van der Waals surface area contributed by atoms with Gasteiger partial charge in [-0.25, -0.2) is 0 Å². The van der Waals surface area contributed by atoms with Crippen LogP contribution >= 0.6 is 0 Å². The van der Waals surface area contributed by atoms with Gasteiger partial charge in [-0.05, 0) is 49.1 Å². The topological polar surface area (TPSA) is 47.6 Å². The van der Waals surface area contributed by atoms with Crippen LogP contribution in [0.5, 0.6) is 5.75 Å². The molecule has 138 valence electrons. The standard InChI is InChI=1S/C22H27NO3/c1-2-3-15-26-20-11-9-19(10-12-20)23-21(24)22(13-16-25-17-14-22)18-7-5-4-6-8-18/h4-12H,2-3,13-17H2,1H3,(H,23,24). The SMILES string of the molecule is CCCCOc1ccc(NC(=O)C2(c3ccccc3)CCOCC2)cc1. The molecule has 4 heteroatoms. The second kappa shape index (κ2) is 8.86. The highest BCUT2D eigenvalue weighted by Crippen LogP contribution is 2.36. The molecule has 1 amide bonds.